The monoisotopic (exact) mass is 386 g/mol. The molecule has 0 aromatic rings. The molecule has 0 bridgehead atoms. The minimum atomic E-state index is -4.61. The van der Waals surface area contributed by atoms with E-state index in [-0.39, 0.29) is 43.8 Å². The average Bonchev–Trinajstić information content (AvgIpc) is 0.722. The van der Waals surface area contributed by atoms with Crippen LogP contribution in [0.2, 0.25) is 0 Å². The second kappa shape index (κ2) is 5.62. The van der Waals surface area contributed by atoms with Gasteiger partial charge < -0.3 is 19.2 Å². The quantitative estimate of drug-likeness (QED) is 0.315. The maximum absolute atomic E-state index is 7.33. The van der Waals surface area contributed by atoms with Crippen molar-refractivity contribution in [3.8, 4) is 0 Å². The van der Waals surface area contributed by atoms with E-state index in [1.54, 1.807) is 0 Å². The van der Waals surface area contributed by atoms with E-state index in [1.165, 1.54) is 0 Å². The molecule has 4 nitrogen and oxygen atoms in total. The molecule has 7 heavy (non-hydrogen) atoms. The van der Waals surface area contributed by atoms with E-state index in [0.717, 1.165) is 0 Å². The van der Waals surface area contributed by atoms with Crippen LogP contribution in [0.25, 0.3) is 0 Å². The molecule has 0 aromatic carbocycles. The van der Waals surface area contributed by atoms with E-state index in [9.17, 15) is 0 Å². The second-order valence-electron chi connectivity index (χ2n) is 0.600. The van der Waals surface area contributed by atoms with Gasteiger partial charge in [0.25, 0.3) is 0 Å². The van der Waals surface area contributed by atoms with Gasteiger partial charge >= 0.3 is 52.8 Å². The molecule has 0 radical (unpaired) electrons. The van der Waals surface area contributed by atoms with Crippen LogP contribution < -0.4 is 0 Å². The van der Waals surface area contributed by atoms with Gasteiger partial charge in [0.15, 0.2) is 0 Å². The Balaban J connectivity index is -0.0000000800. The van der Waals surface area contributed by atoms with Crippen molar-refractivity contribution < 1.29 is 19.2 Å². The molecule has 0 fully saturated rings. The Morgan fingerprint density at radius 2 is 0.857 bits per heavy atom. The molecule has 0 atom stereocenters. The molecule has 0 saturated carbocycles. The summed E-state index contributed by atoms with van der Waals surface area (Å²) in [5.74, 6) is 0. The third-order valence-corrected chi connectivity index (χ3v) is 0. The zero-order valence-corrected chi connectivity index (χ0v) is 9.49. The molecule has 48 valence electrons. The van der Waals surface area contributed by atoms with E-state index in [4.69, 9.17) is 19.2 Å². The maximum atomic E-state index is 7.33. The fourth-order valence-corrected chi connectivity index (χ4v) is 0. The molecule has 0 aromatic heterocycles. The van der Waals surface area contributed by atoms with Crippen molar-refractivity contribution in [2.75, 3.05) is 0 Å². The Kier molecular flexibility index (Phi) is 12.7. The first-order valence-electron chi connectivity index (χ1n) is 0.894. The van der Waals surface area contributed by atoms with Gasteiger partial charge in [0.2, 0.25) is 0 Å². The molecule has 0 heterocycles. The molecule has 0 spiro atoms. The van der Waals surface area contributed by atoms with Crippen molar-refractivity contribution in [1.29, 1.82) is 0 Å². The summed E-state index contributed by atoms with van der Waals surface area (Å²) >= 11 is 0. The van der Waals surface area contributed by atoms with E-state index < -0.39 is 9.05 Å². The molecule has 0 rings (SSSR count). The van der Waals surface area contributed by atoms with Gasteiger partial charge in [-0.2, -0.15) is 0 Å². The molecule has 7 heteroatoms. The van der Waals surface area contributed by atoms with E-state index >= 15 is 0 Å². The van der Waals surface area contributed by atoms with Crippen LogP contribution in [0.5, 0.6) is 0 Å². The van der Waals surface area contributed by atoms with Crippen LogP contribution in [0.1, 0.15) is 0 Å². The van der Waals surface area contributed by atoms with E-state index in [1.807, 2.05) is 0 Å². The summed E-state index contributed by atoms with van der Waals surface area (Å²) in [6.45, 7) is 0. The Hall–Kier alpha value is 1.48. The minimum absolute atomic E-state index is 0. The summed E-state index contributed by atoms with van der Waals surface area (Å²) in [6, 6.07) is 0. The normalized spacial score (nSPS) is 8.57. The molecular formula is H11BiGeO4Si. The Morgan fingerprint density at radius 1 is 0.857 bits per heavy atom. The van der Waals surface area contributed by atoms with Crippen molar-refractivity contribution >= 4 is 52.8 Å². The van der Waals surface area contributed by atoms with Gasteiger partial charge in [0.1, 0.15) is 0 Å². The van der Waals surface area contributed by atoms with Crippen LogP contribution >= 0.6 is 0 Å². The zero-order valence-electron chi connectivity index (χ0n) is 3.00. The van der Waals surface area contributed by atoms with E-state index in [2.05, 4.69) is 0 Å². The Labute approximate surface area is 71.8 Å². The summed E-state index contributed by atoms with van der Waals surface area (Å²) in [5.41, 5.74) is 0. The standard InChI is InChI=1S/Bi.GeH4.H4O4Si.3H/c;;1-5(2,3)4;;;/h;1H4;1-4H;;;. The Bertz CT molecular complexity index is 27.2. The number of rotatable bonds is 0. The fourth-order valence-electron chi connectivity index (χ4n) is 0. The molecule has 0 aliphatic rings. The van der Waals surface area contributed by atoms with E-state index in [0.29, 0.717) is 0 Å². The fraction of sp³-hybridized carbons (Fsp3) is 0. The van der Waals surface area contributed by atoms with Crippen molar-refractivity contribution in [2.24, 2.45) is 0 Å². The van der Waals surface area contributed by atoms with Crippen molar-refractivity contribution in [2.45, 2.75) is 0 Å². The molecule has 0 amide bonds. The molecule has 0 unspecified atom stereocenters. The topological polar surface area (TPSA) is 80.9 Å². The van der Waals surface area contributed by atoms with Gasteiger partial charge in [-0.3, -0.25) is 0 Å². The van der Waals surface area contributed by atoms with Crippen LogP contribution in [0.15, 0.2) is 0 Å². The summed E-state index contributed by atoms with van der Waals surface area (Å²) in [5, 5.41) is 0. The molecule has 0 aliphatic carbocycles. The van der Waals surface area contributed by atoms with Crippen LogP contribution in [0, 0.1) is 0 Å². The SMILES string of the molecule is O[Si](O)(O)O.[BiH3].[GeH4]. The van der Waals surface area contributed by atoms with Gasteiger partial charge in [-0.05, 0) is 0 Å². The summed E-state index contributed by atoms with van der Waals surface area (Å²) in [6.07, 6.45) is 0. The summed E-state index contributed by atoms with van der Waals surface area (Å²) in [4.78, 5) is 29.3. The van der Waals surface area contributed by atoms with Crippen molar-refractivity contribution in [3.63, 3.8) is 0 Å². The number of hydrogen-bond donors (Lipinski definition) is 4. The van der Waals surface area contributed by atoms with Crippen LogP contribution in [0.4, 0.5) is 0 Å². The molecular weight excluding hydrogens is 374 g/mol. The zero-order chi connectivity index (χ0) is 4.50. The van der Waals surface area contributed by atoms with Gasteiger partial charge in [-0.1, -0.05) is 0 Å². The summed E-state index contributed by atoms with van der Waals surface area (Å²) in [7, 11) is -4.61. The third-order valence-electron chi connectivity index (χ3n) is 0. The molecule has 0 aliphatic heterocycles. The van der Waals surface area contributed by atoms with Crippen LogP contribution in [0.3, 0.4) is 0 Å². The van der Waals surface area contributed by atoms with Crippen LogP contribution in [-0.4, -0.2) is 72.0 Å². The van der Waals surface area contributed by atoms with Gasteiger partial charge in [-0.25, -0.2) is 0 Å². The molecule has 4 N–H and O–H groups in total. The predicted octanol–water partition coefficient (Wildman–Crippen LogP) is -5.24. The first kappa shape index (κ1) is 15.8. The first-order valence-corrected chi connectivity index (χ1v) is 2.68. The van der Waals surface area contributed by atoms with Gasteiger partial charge in [0, 0.05) is 0 Å². The van der Waals surface area contributed by atoms with Gasteiger partial charge in [-0.15, -0.1) is 0 Å². The molecule has 0 saturated heterocycles. The van der Waals surface area contributed by atoms with Crippen molar-refractivity contribution in [3.05, 3.63) is 0 Å². The Morgan fingerprint density at radius 3 is 0.857 bits per heavy atom. The van der Waals surface area contributed by atoms with Crippen LogP contribution in [-0.2, 0) is 0 Å². The second-order valence-corrected chi connectivity index (χ2v) is 1.80. The first-order chi connectivity index (χ1) is 2.00. The number of hydrogen-bond acceptors (Lipinski definition) is 4. The predicted molar refractivity (Wildman–Crippen MR) is 35.9 cm³/mol. The van der Waals surface area contributed by atoms with Gasteiger partial charge in [0.05, 0.1) is 0 Å². The summed E-state index contributed by atoms with van der Waals surface area (Å²) < 4.78 is 0. The average molecular weight is 385 g/mol. The third kappa shape index (κ3) is 102. The van der Waals surface area contributed by atoms with Crippen molar-refractivity contribution in [1.82, 2.24) is 0 Å².